The van der Waals surface area contributed by atoms with Crippen molar-refractivity contribution >= 4 is 5.65 Å². The van der Waals surface area contributed by atoms with Crippen molar-refractivity contribution in [2.45, 2.75) is 13.8 Å². The summed E-state index contributed by atoms with van der Waals surface area (Å²) in [6.07, 6.45) is 1.99. The van der Waals surface area contributed by atoms with Gasteiger partial charge in [0, 0.05) is 11.9 Å². The second-order valence-electron chi connectivity index (χ2n) is 3.05. The van der Waals surface area contributed by atoms with E-state index < -0.39 is 0 Å². The number of pyridine rings is 1. The van der Waals surface area contributed by atoms with Gasteiger partial charge in [0.05, 0.1) is 12.8 Å². The Bertz CT molecular complexity index is 445. The van der Waals surface area contributed by atoms with Crippen LogP contribution in [0.1, 0.15) is 11.4 Å². The zero-order valence-electron chi connectivity index (χ0n) is 8.03. The zero-order chi connectivity index (χ0) is 9.42. The molecular weight excluding hydrogens is 164 g/mol. The minimum absolute atomic E-state index is 0.818. The third-order valence-electron chi connectivity index (χ3n) is 2.31. The molecule has 0 spiro atoms. The van der Waals surface area contributed by atoms with E-state index in [2.05, 4.69) is 11.9 Å². The minimum atomic E-state index is 0.818. The zero-order valence-corrected chi connectivity index (χ0v) is 8.03. The number of hydrogen-bond acceptors (Lipinski definition) is 2. The first-order valence-corrected chi connectivity index (χ1v) is 4.22. The van der Waals surface area contributed by atoms with Crippen LogP contribution in [0.3, 0.4) is 0 Å². The van der Waals surface area contributed by atoms with Crippen molar-refractivity contribution < 1.29 is 4.74 Å². The first-order chi connectivity index (χ1) is 6.24. The Balaban J connectivity index is 2.84. The quantitative estimate of drug-likeness (QED) is 0.664. The van der Waals surface area contributed by atoms with Crippen molar-refractivity contribution in [1.82, 2.24) is 9.38 Å². The van der Waals surface area contributed by atoms with Crippen LogP contribution in [0.25, 0.3) is 5.65 Å². The summed E-state index contributed by atoms with van der Waals surface area (Å²) in [7, 11) is 1.66. The SMILES string of the molecule is COc1cccn2c(C)c(C)nc12. The highest BCUT2D eigenvalue weighted by molar-refractivity contribution is 5.55. The molecule has 0 radical (unpaired) electrons. The molecule has 3 nitrogen and oxygen atoms in total. The van der Waals surface area contributed by atoms with Gasteiger partial charge in [0.1, 0.15) is 0 Å². The lowest BCUT2D eigenvalue weighted by atomic mass is 10.4. The molecule has 2 heterocycles. The van der Waals surface area contributed by atoms with Gasteiger partial charge in [-0.1, -0.05) is 0 Å². The van der Waals surface area contributed by atoms with E-state index in [1.165, 1.54) is 0 Å². The number of methoxy groups -OCH3 is 1. The summed E-state index contributed by atoms with van der Waals surface area (Å²) >= 11 is 0. The fourth-order valence-corrected chi connectivity index (χ4v) is 1.43. The molecule has 0 N–H and O–H groups in total. The Kier molecular flexibility index (Phi) is 1.72. The van der Waals surface area contributed by atoms with Gasteiger partial charge < -0.3 is 9.14 Å². The molecule has 2 aromatic rings. The highest BCUT2D eigenvalue weighted by Crippen LogP contribution is 2.20. The van der Waals surface area contributed by atoms with Gasteiger partial charge in [-0.2, -0.15) is 0 Å². The van der Waals surface area contributed by atoms with Crippen LogP contribution < -0.4 is 4.74 Å². The normalized spacial score (nSPS) is 10.7. The maximum atomic E-state index is 5.21. The predicted octanol–water partition coefficient (Wildman–Crippen LogP) is 1.96. The van der Waals surface area contributed by atoms with Crippen LogP contribution in [0.2, 0.25) is 0 Å². The Labute approximate surface area is 77.0 Å². The molecule has 0 saturated heterocycles. The molecule has 2 rings (SSSR count). The third kappa shape index (κ3) is 1.08. The number of rotatable bonds is 1. The van der Waals surface area contributed by atoms with E-state index >= 15 is 0 Å². The minimum Gasteiger partial charge on any atom is -0.493 e. The summed E-state index contributed by atoms with van der Waals surface area (Å²) in [5.41, 5.74) is 3.10. The maximum absolute atomic E-state index is 5.21. The summed E-state index contributed by atoms with van der Waals surface area (Å²) in [6.45, 7) is 4.05. The van der Waals surface area contributed by atoms with E-state index in [-0.39, 0.29) is 0 Å². The van der Waals surface area contributed by atoms with Crippen molar-refractivity contribution in [2.75, 3.05) is 7.11 Å². The van der Waals surface area contributed by atoms with Crippen molar-refractivity contribution in [3.63, 3.8) is 0 Å². The van der Waals surface area contributed by atoms with E-state index in [0.29, 0.717) is 0 Å². The molecule has 0 fully saturated rings. The summed E-state index contributed by atoms with van der Waals surface area (Å²) in [5, 5.41) is 0. The molecule has 0 aliphatic rings. The van der Waals surface area contributed by atoms with Crippen LogP contribution in [-0.4, -0.2) is 16.5 Å². The largest absolute Gasteiger partial charge is 0.493 e. The molecule has 13 heavy (non-hydrogen) atoms. The Morgan fingerprint density at radius 3 is 2.85 bits per heavy atom. The van der Waals surface area contributed by atoms with E-state index in [4.69, 9.17) is 4.74 Å². The average Bonchev–Trinajstić information content (AvgIpc) is 2.43. The van der Waals surface area contributed by atoms with E-state index in [9.17, 15) is 0 Å². The molecule has 0 unspecified atom stereocenters. The van der Waals surface area contributed by atoms with Crippen LogP contribution in [0.4, 0.5) is 0 Å². The van der Waals surface area contributed by atoms with Gasteiger partial charge in [-0.15, -0.1) is 0 Å². The first-order valence-electron chi connectivity index (χ1n) is 4.22. The Hall–Kier alpha value is -1.51. The average molecular weight is 176 g/mol. The number of imidazole rings is 1. The summed E-state index contributed by atoms with van der Waals surface area (Å²) in [4.78, 5) is 4.42. The highest BCUT2D eigenvalue weighted by atomic mass is 16.5. The number of aromatic nitrogens is 2. The van der Waals surface area contributed by atoms with Crippen LogP contribution in [-0.2, 0) is 0 Å². The number of ether oxygens (including phenoxy) is 1. The van der Waals surface area contributed by atoms with Crippen LogP contribution in [0.5, 0.6) is 5.75 Å². The molecule has 0 bridgehead atoms. The fourth-order valence-electron chi connectivity index (χ4n) is 1.43. The number of nitrogens with zero attached hydrogens (tertiary/aromatic N) is 2. The van der Waals surface area contributed by atoms with Crippen molar-refractivity contribution in [3.8, 4) is 5.75 Å². The van der Waals surface area contributed by atoms with Gasteiger partial charge in [0.2, 0.25) is 0 Å². The molecule has 0 aromatic carbocycles. The molecule has 0 aliphatic carbocycles. The van der Waals surface area contributed by atoms with Gasteiger partial charge in [-0.3, -0.25) is 0 Å². The fraction of sp³-hybridized carbons (Fsp3) is 0.300. The number of fused-ring (bicyclic) bond motifs is 1. The monoisotopic (exact) mass is 176 g/mol. The van der Waals surface area contributed by atoms with E-state index in [1.54, 1.807) is 7.11 Å². The Morgan fingerprint density at radius 1 is 1.38 bits per heavy atom. The topological polar surface area (TPSA) is 26.5 Å². The van der Waals surface area contributed by atoms with E-state index in [1.807, 2.05) is 29.7 Å². The molecule has 0 amide bonds. The smallest absolute Gasteiger partial charge is 0.180 e. The molecule has 2 aromatic heterocycles. The van der Waals surface area contributed by atoms with E-state index in [0.717, 1.165) is 22.8 Å². The summed E-state index contributed by atoms with van der Waals surface area (Å²) < 4.78 is 7.25. The standard InChI is InChI=1S/C10H12N2O/c1-7-8(2)12-6-4-5-9(13-3)10(12)11-7/h4-6H,1-3H3. The highest BCUT2D eigenvalue weighted by Gasteiger charge is 2.07. The van der Waals surface area contributed by atoms with Crippen molar-refractivity contribution in [1.29, 1.82) is 0 Å². The summed E-state index contributed by atoms with van der Waals surface area (Å²) in [5.74, 6) is 0.818. The van der Waals surface area contributed by atoms with Crippen LogP contribution in [0.15, 0.2) is 18.3 Å². The molecular formula is C10H12N2O. The van der Waals surface area contributed by atoms with Crippen molar-refractivity contribution in [3.05, 3.63) is 29.7 Å². The van der Waals surface area contributed by atoms with Crippen molar-refractivity contribution in [2.24, 2.45) is 0 Å². The second-order valence-corrected chi connectivity index (χ2v) is 3.05. The van der Waals surface area contributed by atoms with Gasteiger partial charge in [0.15, 0.2) is 11.4 Å². The predicted molar refractivity (Wildman–Crippen MR) is 51.2 cm³/mol. The van der Waals surface area contributed by atoms with Crippen LogP contribution >= 0.6 is 0 Å². The molecule has 0 aliphatic heterocycles. The van der Waals surface area contributed by atoms with Gasteiger partial charge in [-0.25, -0.2) is 4.98 Å². The van der Waals surface area contributed by atoms with Gasteiger partial charge in [0.25, 0.3) is 0 Å². The first kappa shape index (κ1) is 8.10. The lowest BCUT2D eigenvalue weighted by molar-refractivity contribution is 0.417. The molecule has 3 heteroatoms. The lowest BCUT2D eigenvalue weighted by Crippen LogP contribution is -1.90. The third-order valence-corrected chi connectivity index (χ3v) is 2.31. The maximum Gasteiger partial charge on any atom is 0.180 e. The molecule has 68 valence electrons. The number of hydrogen-bond donors (Lipinski definition) is 0. The summed E-state index contributed by atoms with van der Waals surface area (Å²) in [6, 6.07) is 3.88. The second kappa shape index (κ2) is 2.76. The Morgan fingerprint density at radius 2 is 2.15 bits per heavy atom. The van der Waals surface area contributed by atoms with Crippen LogP contribution in [0, 0.1) is 13.8 Å². The molecule has 0 atom stereocenters. The van der Waals surface area contributed by atoms with Gasteiger partial charge >= 0.3 is 0 Å². The van der Waals surface area contributed by atoms with Gasteiger partial charge in [-0.05, 0) is 26.0 Å². The lowest BCUT2D eigenvalue weighted by Gasteiger charge is -2.01. The molecule has 0 saturated carbocycles. The number of aryl methyl sites for hydroxylation is 2.